The number of rotatable bonds is 6. The number of Topliss-reactive ketones (excluding diaryl/α,β-unsaturated/α-hetero) is 1. The number of aromatic hydroxyl groups is 1. The lowest BCUT2D eigenvalue weighted by atomic mass is 9.59. The number of phenols is 1. The summed E-state index contributed by atoms with van der Waals surface area (Å²) in [6, 6.07) is 14.7. The molecule has 0 saturated carbocycles. The van der Waals surface area contributed by atoms with Crippen molar-refractivity contribution in [3.63, 3.8) is 0 Å². The van der Waals surface area contributed by atoms with Gasteiger partial charge in [0.2, 0.25) is 11.8 Å². The molecular formula is C33H31NO6. The number of hydrogen-bond acceptors (Lipinski definition) is 6. The number of amides is 2. The topological polar surface area (TPSA) is 101 Å². The van der Waals surface area contributed by atoms with Gasteiger partial charge >= 0.3 is 0 Å². The van der Waals surface area contributed by atoms with Gasteiger partial charge in [-0.3, -0.25) is 24.1 Å². The molecule has 1 fully saturated rings. The second-order valence-corrected chi connectivity index (χ2v) is 11.1. The minimum atomic E-state index is -0.693. The van der Waals surface area contributed by atoms with Gasteiger partial charge in [0.1, 0.15) is 18.1 Å². The highest BCUT2D eigenvalue weighted by Crippen LogP contribution is 2.56. The smallest absolute Gasteiger partial charge is 0.233 e. The second kappa shape index (κ2) is 10.0. The first-order valence-corrected chi connectivity index (χ1v) is 13.8. The van der Waals surface area contributed by atoms with Crippen molar-refractivity contribution in [1.29, 1.82) is 0 Å². The summed E-state index contributed by atoms with van der Waals surface area (Å²) < 4.78 is 5.89. The predicted octanol–water partition coefficient (Wildman–Crippen LogP) is 4.81. The van der Waals surface area contributed by atoms with Crippen LogP contribution in [0.4, 0.5) is 0 Å². The lowest BCUT2D eigenvalue weighted by Crippen LogP contribution is -2.39. The molecule has 7 nitrogen and oxygen atoms in total. The Morgan fingerprint density at radius 3 is 2.50 bits per heavy atom. The van der Waals surface area contributed by atoms with Crippen molar-refractivity contribution < 1.29 is 29.0 Å². The summed E-state index contributed by atoms with van der Waals surface area (Å²) in [6.07, 6.45) is 4.61. The number of nitrogens with zero attached hydrogens (tertiary/aromatic N) is 1. The molecular weight excluding hydrogens is 506 g/mol. The van der Waals surface area contributed by atoms with Gasteiger partial charge in [-0.1, -0.05) is 55.0 Å². The maximum Gasteiger partial charge on any atom is 0.233 e. The third-order valence-electron chi connectivity index (χ3n) is 8.66. The van der Waals surface area contributed by atoms with Gasteiger partial charge in [0, 0.05) is 40.8 Å². The molecule has 0 aromatic heterocycles. The number of carbonyl (C=O) groups is 4. The number of imide groups is 1. The van der Waals surface area contributed by atoms with Gasteiger partial charge in [-0.15, -0.1) is 0 Å². The monoisotopic (exact) mass is 537 g/mol. The highest BCUT2D eigenvalue weighted by Gasteiger charge is 2.56. The van der Waals surface area contributed by atoms with E-state index in [1.165, 1.54) is 17.0 Å². The summed E-state index contributed by atoms with van der Waals surface area (Å²) in [5.74, 6) is -2.58. The zero-order chi connectivity index (χ0) is 28.1. The van der Waals surface area contributed by atoms with Crippen molar-refractivity contribution in [2.45, 2.75) is 45.6 Å². The van der Waals surface area contributed by atoms with Crippen LogP contribution in [0.5, 0.6) is 11.5 Å². The fourth-order valence-corrected chi connectivity index (χ4v) is 6.84. The molecule has 0 bridgehead atoms. The molecule has 7 heteroatoms. The van der Waals surface area contributed by atoms with E-state index in [0.29, 0.717) is 54.0 Å². The number of ether oxygens (including phenoxy) is 1. The largest absolute Gasteiger partial charge is 0.507 e. The molecule has 0 unspecified atom stereocenters. The molecule has 3 aliphatic carbocycles. The standard InChI is InChI=1S/C33H31NO6/c1-3-13-34-32(38)23-12-11-21-24(29(23)33(34)39)16-25-30(27(36)14-18(2)31(25)37)28(21)22-10-9-20(15-26(22)35)40-17-19-7-5-4-6-8-19/h4-11,14-15,23-24,28-29,35H,3,12-13,16-17H2,1-2H3/t23-,24+,28+,29-/m0/s1. The van der Waals surface area contributed by atoms with Crippen LogP contribution in [0.3, 0.4) is 0 Å². The van der Waals surface area contributed by atoms with Crippen molar-refractivity contribution in [2.24, 2.45) is 17.8 Å². The van der Waals surface area contributed by atoms with Gasteiger partial charge in [-0.2, -0.15) is 0 Å². The number of benzene rings is 2. The number of hydrogen-bond donors (Lipinski definition) is 1. The first-order valence-electron chi connectivity index (χ1n) is 13.8. The van der Waals surface area contributed by atoms with Crippen LogP contribution in [-0.4, -0.2) is 39.9 Å². The maximum absolute atomic E-state index is 13.5. The zero-order valence-corrected chi connectivity index (χ0v) is 22.6. The fraction of sp³-hybridized carbons (Fsp3) is 0.333. The molecule has 1 N–H and O–H groups in total. The molecule has 4 aliphatic rings. The summed E-state index contributed by atoms with van der Waals surface area (Å²) in [7, 11) is 0. The summed E-state index contributed by atoms with van der Waals surface area (Å²) >= 11 is 0. The Kier molecular flexibility index (Phi) is 6.53. The SMILES string of the molecule is CCCN1C(=O)[C@H]2[C@H](CC=C3[C@H](c4ccc(OCc5ccccc5)cc4O)C4=C(C[C@H]32)C(=O)C(C)=CC4=O)C1=O. The van der Waals surface area contributed by atoms with Gasteiger partial charge in [-0.25, -0.2) is 0 Å². The minimum absolute atomic E-state index is 0.0564. The van der Waals surface area contributed by atoms with Gasteiger partial charge in [0.15, 0.2) is 11.6 Å². The molecule has 0 radical (unpaired) electrons. The van der Waals surface area contributed by atoms with Gasteiger partial charge < -0.3 is 9.84 Å². The normalized spacial score (nSPS) is 25.8. The third-order valence-corrected chi connectivity index (χ3v) is 8.66. The van der Waals surface area contributed by atoms with E-state index in [1.807, 2.05) is 43.3 Å². The van der Waals surface area contributed by atoms with Crippen LogP contribution < -0.4 is 4.74 Å². The summed E-state index contributed by atoms with van der Waals surface area (Å²) in [6.45, 7) is 4.25. The molecule has 204 valence electrons. The number of phenolic OH excluding ortho intramolecular Hbond substituents is 1. The lowest BCUT2D eigenvalue weighted by Gasteiger charge is -2.42. The molecule has 1 aliphatic heterocycles. The van der Waals surface area contributed by atoms with E-state index in [2.05, 4.69) is 0 Å². The molecule has 6 rings (SSSR count). The van der Waals surface area contributed by atoms with E-state index in [1.54, 1.807) is 19.1 Å². The molecule has 1 saturated heterocycles. The molecule has 2 aromatic carbocycles. The van der Waals surface area contributed by atoms with Crippen molar-refractivity contribution >= 4 is 23.4 Å². The van der Waals surface area contributed by atoms with Gasteiger partial charge in [0.25, 0.3) is 0 Å². The van der Waals surface area contributed by atoms with Crippen LogP contribution in [0, 0.1) is 17.8 Å². The Labute approximate surface area is 232 Å². The van der Waals surface area contributed by atoms with Crippen molar-refractivity contribution in [3.05, 3.63) is 94.1 Å². The van der Waals surface area contributed by atoms with Crippen molar-refractivity contribution in [2.75, 3.05) is 6.54 Å². The average Bonchev–Trinajstić information content (AvgIpc) is 3.20. The summed E-state index contributed by atoms with van der Waals surface area (Å²) in [5.41, 5.74) is 3.38. The molecule has 0 spiro atoms. The summed E-state index contributed by atoms with van der Waals surface area (Å²) in [5, 5.41) is 11.2. The van der Waals surface area contributed by atoms with Gasteiger partial charge in [0.05, 0.1) is 11.8 Å². The number of fused-ring (bicyclic) bond motifs is 3. The average molecular weight is 538 g/mol. The van der Waals surface area contributed by atoms with Crippen LogP contribution in [0.25, 0.3) is 0 Å². The first-order chi connectivity index (χ1) is 19.3. The number of allylic oxidation sites excluding steroid dienone is 6. The van der Waals surface area contributed by atoms with Crippen LogP contribution in [0.2, 0.25) is 0 Å². The Hall–Kier alpha value is -4.26. The van der Waals surface area contributed by atoms with Crippen LogP contribution in [-0.2, 0) is 25.8 Å². The second-order valence-electron chi connectivity index (χ2n) is 11.1. The van der Waals surface area contributed by atoms with E-state index in [-0.39, 0.29) is 35.6 Å². The van der Waals surface area contributed by atoms with Crippen molar-refractivity contribution in [1.82, 2.24) is 4.90 Å². The summed E-state index contributed by atoms with van der Waals surface area (Å²) in [4.78, 5) is 54.8. The van der Waals surface area contributed by atoms with Gasteiger partial charge in [-0.05, 0) is 49.8 Å². The Morgan fingerprint density at radius 2 is 1.77 bits per heavy atom. The van der Waals surface area contributed by atoms with Crippen molar-refractivity contribution in [3.8, 4) is 11.5 Å². The van der Waals surface area contributed by atoms with E-state index in [0.717, 1.165) is 11.1 Å². The first kappa shape index (κ1) is 26.0. The quantitative estimate of drug-likeness (QED) is 0.322. The minimum Gasteiger partial charge on any atom is -0.507 e. The Balaban J connectivity index is 1.41. The highest BCUT2D eigenvalue weighted by molar-refractivity contribution is 6.23. The molecule has 2 aromatic rings. The Morgan fingerprint density at radius 1 is 1.00 bits per heavy atom. The number of carbonyl (C=O) groups excluding carboxylic acids is 4. The lowest BCUT2D eigenvalue weighted by molar-refractivity contribution is -0.140. The van der Waals surface area contributed by atoms with Crippen LogP contribution in [0.1, 0.15) is 50.2 Å². The third kappa shape index (κ3) is 4.12. The van der Waals surface area contributed by atoms with E-state index >= 15 is 0 Å². The zero-order valence-electron chi connectivity index (χ0n) is 22.6. The van der Waals surface area contributed by atoms with Crippen LogP contribution >= 0.6 is 0 Å². The fourth-order valence-electron chi connectivity index (χ4n) is 6.84. The number of likely N-dealkylation sites (tertiary alicyclic amines) is 1. The highest BCUT2D eigenvalue weighted by atomic mass is 16.5. The van der Waals surface area contributed by atoms with Crippen LogP contribution in [0.15, 0.2) is 83.0 Å². The van der Waals surface area contributed by atoms with E-state index in [9.17, 15) is 24.3 Å². The predicted molar refractivity (Wildman–Crippen MR) is 147 cm³/mol. The maximum atomic E-state index is 13.5. The Bertz CT molecular complexity index is 1530. The molecule has 4 atom stereocenters. The van der Waals surface area contributed by atoms with E-state index < -0.39 is 23.7 Å². The molecule has 40 heavy (non-hydrogen) atoms. The number of ketones is 2. The molecule has 2 amide bonds. The van der Waals surface area contributed by atoms with E-state index in [4.69, 9.17) is 4.74 Å². The molecule has 1 heterocycles.